The minimum absolute atomic E-state index is 0.206. The smallest absolute Gasteiger partial charge is 0.314 e. The third-order valence-corrected chi connectivity index (χ3v) is 3.48. The second-order valence-electron chi connectivity index (χ2n) is 5.12. The van der Waals surface area contributed by atoms with E-state index < -0.39 is 0 Å². The molecule has 0 unspecified atom stereocenters. The van der Waals surface area contributed by atoms with Crippen LogP contribution in [-0.4, -0.2) is 26.2 Å². The number of rotatable bonds is 7. The van der Waals surface area contributed by atoms with Crippen LogP contribution >= 0.6 is 0 Å². The van der Waals surface area contributed by atoms with Crippen LogP contribution in [0.2, 0.25) is 0 Å². The Labute approximate surface area is 135 Å². The van der Waals surface area contributed by atoms with Gasteiger partial charge < -0.3 is 15.4 Å². The highest BCUT2D eigenvalue weighted by Crippen LogP contribution is 2.17. The first-order valence-corrected chi connectivity index (χ1v) is 7.57. The number of halogens is 1. The standard InChI is InChI=1S/C18H21FN2O2/c1-23-17-5-3-2-4-15(17)11-13-21-18(22)20-12-10-14-6-8-16(19)9-7-14/h2-9H,10-13H2,1H3,(H2,20,21,22). The first-order chi connectivity index (χ1) is 11.2. The van der Waals surface area contributed by atoms with E-state index in [0.717, 1.165) is 16.9 Å². The van der Waals surface area contributed by atoms with E-state index in [9.17, 15) is 9.18 Å². The largest absolute Gasteiger partial charge is 0.496 e. The summed E-state index contributed by atoms with van der Waals surface area (Å²) in [5.41, 5.74) is 2.04. The number of nitrogens with one attached hydrogen (secondary N) is 2. The molecule has 2 aromatic carbocycles. The third kappa shape index (κ3) is 5.62. The molecule has 0 aliphatic carbocycles. The summed E-state index contributed by atoms with van der Waals surface area (Å²) in [4.78, 5) is 11.7. The van der Waals surface area contributed by atoms with E-state index in [4.69, 9.17) is 4.74 Å². The maximum absolute atomic E-state index is 12.8. The summed E-state index contributed by atoms with van der Waals surface area (Å²) in [5.74, 6) is 0.571. The van der Waals surface area contributed by atoms with Gasteiger partial charge in [-0.05, 0) is 42.2 Å². The number of carbonyl (C=O) groups is 1. The first-order valence-electron chi connectivity index (χ1n) is 7.57. The van der Waals surface area contributed by atoms with E-state index in [1.54, 1.807) is 19.2 Å². The lowest BCUT2D eigenvalue weighted by Crippen LogP contribution is -2.37. The molecular weight excluding hydrogens is 295 g/mol. The molecule has 23 heavy (non-hydrogen) atoms. The lowest BCUT2D eigenvalue weighted by atomic mass is 10.1. The molecule has 122 valence electrons. The monoisotopic (exact) mass is 316 g/mol. The summed E-state index contributed by atoms with van der Waals surface area (Å²) in [6.45, 7) is 1.04. The number of urea groups is 1. The van der Waals surface area contributed by atoms with E-state index in [0.29, 0.717) is 25.9 Å². The fraction of sp³-hybridized carbons (Fsp3) is 0.278. The van der Waals surface area contributed by atoms with Gasteiger partial charge in [0.2, 0.25) is 0 Å². The Morgan fingerprint density at radius 3 is 2.35 bits per heavy atom. The predicted octanol–water partition coefficient (Wildman–Crippen LogP) is 2.92. The number of hydrogen-bond acceptors (Lipinski definition) is 2. The molecule has 2 N–H and O–H groups in total. The molecule has 0 fully saturated rings. The summed E-state index contributed by atoms with van der Waals surface area (Å²) >= 11 is 0. The molecule has 2 amide bonds. The van der Waals surface area contributed by atoms with Gasteiger partial charge in [-0.25, -0.2) is 9.18 Å². The normalized spacial score (nSPS) is 10.2. The first kappa shape index (κ1) is 16.8. The predicted molar refractivity (Wildman–Crippen MR) is 88.2 cm³/mol. The summed E-state index contributed by atoms with van der Waals surface area (Å²) in [5, 5.41) is 5.60. The summed E-state index contributed by atoms with van der Waals surface area (Å²) in [6.07, 6.45) is 1.37. The molecule has 0 spiro atoms. The number of para-hydroxylation sites is 1. The van der Waals surface area contributed by atoms with Crippen LogP contribution in [0.1, 0.15) is 11.1 Å². The number of benzene rings is 2. The highest BCUT2D eigenvalue weighted by atomic mass is 19.1. The molecular formula is C18H21FN2O2. The Bertz CT molecular complexity index is 629. The minimum atomic E-state index is -0.254. The van der Waals surface area contributed by atoms with E-state index in [1.807, 2.05) is 24.3 Å². The van der Waals surface area contributed by atoms with Crippen molar-refractivity contribution in [2.24, 2.45) is 0 Å². The van der Waals surface area contributed by atoms with Gasteiger partial charge in [0.1, 0.15) is 11.6 Å². The number of hydrogen-bond donors (Lipinski definition) is 2. The van der Waals surface area contributed by atoms with Crippen molar-refractivity contribution in [1.29, 1.82) is 0 Å². The average molecular weight is 316 g/mol. The van der Waals surface area contributed by atoms with Gasteiger partial charge in [0, 0.05) is 13.1 Å². The van der Waals surface area contributed by atoms with E-state index in [2.05, 4.69) is 10.6 Å². The van der Waals surface area contributed by atoms with Gasteiger partial charge in [-0.1, -0.05) is 30.3 Å². The number of methoxy groups -OCH3 is 1. The molecule has 0 heterocycles. The van der Waals surface area contributed by atoms with Crippen LogP contribution in [0.4, 0.5) is 9.18 Å². The minimum Gasteiger partial charge on any atom is -0.496 e. The fourth-order valence-electron chi connectivity index (χ4n) is 2.25. The lowest BCUT2D eigenvalue weighted by Gasteiger charge is -2.10. The average Bonchev–Trinajstić information content (AvgIpc) is 2.57. The van der Waals surface area contributed by atoms with Crippen molar-refractivity contribution in [3.63, 3.8) is 0 Å². The molecule has 0 aliphatic heterocycles. The molecule has 2 rings (SSSR count). The zero-order valence-electron chi connectivity index (χ0n) is 13.1. The lowest BCUT2D eigenvalue weighted by molar-refractivity contribution is 0.241. The second-order valence-corrected chi connectivity index (χ2v) is 5.12. The molecule has 0 atom stereocenters. The fourth-order valence-corrected chi connectivity index (χ4v) is 2.25. The maximum atomic E-state index is 12.8. The number of ether oxygens (including phenoxy) is 1. The molecule has 0 saturated carbocycles. The van der Waals surface area contributed by atoms with Gasteiger partial charge in [-0.3, -0.25) is 0 Å². The van der Waals surface area contributed by atoms with Crippen LogP contribution in [0.5, 0.6) is 5.75 Å². The summed E-state index contributed by atoms with van der Waals surface area (Å²) in [7, 11) is 1.63. The Morgan fingerprint density at radius 1 is 1.00 bits per heavy atom. The number of amides is 2. The molecule has 0 bridgehead atoms. The van der Waals surface area contributed by atoms with Crippen LogP contribution in [0.3, 0.4) is 0 Å². The Balaban J connectivity index is 1.66. The van der Waals surface area contributed by atoms with Crippen LogP contribution in [0.15, 0.2) is 48.5 Å². The third-order valence-electron chi connectivity index (χ3n) is 3.48. The molecule has 0 aliphatic rings. The molecule has 0 saturated heterocycles. The summed E-state index contributed by atoms with van der Waals surface area (Å²) < 4.78 is 18.1. The highest BCUT2D eigenvalue weighted by molar-refractivity contribution is 5.73. The molecule has 5 heteroatoms. The number of carbonyl (C=O) groups excluding carboxylic acids is 1. The van der Waals surface area contributed by atoms with Crippen molar-refractivity contribution in [3.8, 4) is 5.75 Å². The Hall–Kier alpha value is -2.56. The van der Waals surface area contributed by atoms with Crippen molar-refractivity contribution in [1.82, 2.24) is 10.6 Å². The molecule has 2 aromatic rings. The maximum Gasteiger partial charge on any atom is 0.314 e. The Kier molecular flexibility index (Phi) is 6.41. The Morgan fingerprint density at radius 2 is 1.65 bits per heavy atom. The van der Waals surface area contributed by atoms with Crippen molar-refractivity contribution < 1.29 is 13.9 Å². The van der Waals surface area contributed by atoms with Gasteiger partial charge >= 0.3 is 6.03 Å². The van der Waals surface area contributed by atoms with Gasteiger partial charge in [0.15, 0.2) is 0 Å². The van der Waals surface area contributed by atoms with Crippen molar-refractivity contribution in [3.05, 3.63) is 65.5 Å². The zero-order valence-corrected chi connectivity index (χ0v) is 13.1. The topological polar surface area (TPSA) is 50.4 Å². The van der Waals surface area contributed by atoms with Crippen molar-refractivity contribution in [2.75, 3.05) is 20.2 Å². The van der Waals surface area contributed by atoms with Crippen molar-refractivity contribution >= 4 is 6.03 Å². The SMILES string of the molecule is COc1ccccc1CCNC(=O)NCCc1ccc(F)cc1. The molecule has 4 nitrogen and oxygen atoms in total. The van der Waals surface area contributed by atoms with Gasteiger partial charge in [0.25, 0.3) is 0 Å². The molecule has 0 aromatic heterocycles. The quantitative estimate of drug-likeness (QED) is 0.825. The van der Waals surface area contributed by atoms with Crippen LogP contribution in [-0.2, 0) is 12.8 Å². The van der Waals surface area contributed by atoms with Crippen LogP contribution < -0.4 is 15.4 Å². The van der Waals surface area contributed by atoms with E-state index in [-0.39, 0.29) is 11.8 Å². The zero-order chi connectivity index (χ0) is 16.5. The second kappa shape index (κ2) is 8.78. The molecule has 0 radical (unpaired) electrons. The highest BCUT2D eigenvalue weighted by Gasteiger charge is 2.03. The summed E-state index contributed by atoms with van der Waals surface area (Å²) in [6, 6.07) is 13.8. The van der Waals surface area contributed by atoms with Crippen molar-refractivity contribution in [2.45, 2.75) is 12.8 Å². The van der Waals surface area contributed by atoms with Crippen LogP contribution in [0.25, 0.3) is 0 Å². The van der Waals surface area contributed by atoms with E-state index in [1.165, 1.54) is 12.1 Å². The van der Waals surface area contributed by atoms with Crippen LogP contribution in [0, 0.1) is 5.82 Å². The van der Waals surface area contributed by atoms with Gasteiger partial charge in [-0.15, -0.1) is 0 Å². The van der Waals surface area contributed by atoms with Gasteiger partial charge in [0.05, 0.1) is 7.11 Å². The van der Waals surface area contributed by atoms with Gasteiger partial charge in [-0.2, -0.15) is 0 Å². The van der Waals surface area contributed by atoms with E-state index >= 15 is 0 Å².